The summed E-state index contributed by atoms with van der Waals surface area (Å²) in [5.41, 5.74) is 5.76. The highest BCUT2D eigenvalue weighted by molar-refractivity contribution is 5.80. The van der Waals surface area contributed by atoms with Crippen LogP contribution in [0.15, 0.2) is 5.16 Å². The van der Waals surface area contributed by atoms with Crippen LogP contribution in [0.25, 0.3) is 0 Å². The average Bonchev–Trinajstić information content (AvgIpc) is 2.47. The summed E-state index contributed by atoms with van der Waals surface area (Å²) in [4.78, 5) is 2.39. The Morgan fingerprint density at radius 1 is 1.45 bits per heavy atom. The first-order valence-electron chi connectivity index (χ1n) is 7.89. The van der Waals surface area contributed by atoms with Gasteiger partial charge < -0.3 is 20.6 Å². The normalized spacial score (nSPS) is 28.8. The van der Waals surface area contributed by atoms with E-state index in [1.54, 1.807) is 0 Å². The molecule has 2 fully saturated rings. The topological polar surface area (TPSA) is 71.1 Å². The van der Waals surface area contributed by atoms with E-state index >= 15 is 0 Å². The van der Waals surface area contributed by atoms with Crippen molar-refractivity contribution in [3.8, 4) is 0 Å². The first kappa shape index (κ1) is 15.6. The van der Waals surface area contributed by atoms with E-state index in [-0.39, 0.29) is 11.6 Å². The van der Waals surface area contributed by atoms with Crippen molar-refractivity contribution >= 4 is 5.84 Å². The van der Waals surface area contributed by atoms with E-state index in [2.05, 4.69) is 24.0 Å². The summed E-state index contributed by atoms with van der Waals surface area (Å²) >= 11 is 0. The van der Waals surface area contributed by atoms with Crippen molar-refractivity contribution in [3.63, 3.8) is 0 Å². The van der Waals surface area contributed by atoms with Crippen molar-refractivity contribution in [2.24, 2.45) is 10.9 Å². The molecular weight excluding hydrogens is 254 g/mol. The fraction of sp³-hybridized carbons (Fsp3) is 0.933. The summed E-state index contributed by atoms with van der Waals surface area (Å²) in [5, 5.41) is 11.8. The molecule has 2 atom stereocenters. The molecule has 0 bridgehead atoms. The van der Waals surface area contributed by atoms with Crippen molar-refractivity contribution in [1.82, 2.24) is 4.90 Å². The van der Waals surface area contributed by atoms with Gasteiger partial charge in [0, 0.05) is 25.1 Å². The van der Waals surface area contributed by atoms with Gasteiger partial charge in [-0.3, -0.25) is 0 Å². The van der Waals surface area contributed by atoms with E-state index in [1.165, 1.54) is 32.1 Å². The van der Waals surface area contributed by atoms with E-state index in [9.17, 15) is 0 Å². The van der Waals surface area contributed by atoms with Gasteiger partial charge >= 0.3 is 0 Å². The SMILES string of the molecule is CC(CC(N)=NO)N(C)C1CCOC2(CCCCC2)C1. The molecular formula is C15H29N3O2. The van der Waals surface area contributed by atoms with Crippen LogP contribution in [0.5, 0.6) is 0 Å². The number of nitrogens with zero attached hydrogens (tertiary/aromatic N) is 2. The highest BCUT2D eigenvalue weighted by Crippen LogP contribution is 2.39. The molecule has 5 heteroatoms. The molecule has 0 aromatic heterocycles. The predicted octanol–water partition coefficient (Wildman–Crippen LogP) is 2.33. The number of oxime groups is 1. The van der Waals surface area contributed by atoms with E-state index in [1.807, 2.05) is 0 Å². The summed E-state index contributed by atoms with van der Waals surface area (Å²) in [6, 6.07) is 0.831. The third kappa shape index (κ3) is 3.64. The van der Waals surface area contributed by atoms with Gasteiger partial charge in [0.05, 0.1) is 5.60 Å². The van der Waals surface area contributed by atoms with Gasteiger partial charge in [-0.1, -0.05) is 24.4 Å². The van der Waals surface area contributed by atoms with Gasteiger partial charge in [-0.05, 0) is 39.7 Å². The van der Waals surface area contributed by atoms with Gasteiger partial charge in [0.25, 0.3) is 0 Å². The third-order valence-electron chi connectivity index (χ3n) is 5.14. The first-order chi connectivity index (χ1) is 9.56. The molecule has 5 nitrogen and oxygen atoms in total. The Bertz CT molecular complexity index is 335. The summed E-state index contributed by atoms with van der Waals surface area (Å²) in [5.74, 6) is 0.309. The largest absolute Gasteiger partial charge is 0.409 e. The van der Waals surface area contributed by atoms with Gasteiger partial charge in [0.15, 0.2) is 0 Å². The Kier molecular flexibility index (Phi) is 5.27. The Morgan fingerprint density at radius 2 is 2.15 bits per heavy atom. The monoisotopic (exact) mass is 283 g/mol. The molecule has 2 unspecified atom stereocenters. The molecule has 116 valence electrons. The van der Waals surface area contributed by atoms with Crippen molar-refractivity contribution in [3.05, 3.63) is 0 Å². The van der Waals surface area contributed by atoms with Crippen LogP contribution in [0, 0.1) is 0 Å². The van der Waals surface area contributed by atoms with Crippen molar-refractivity contribution in [2.75, 3.05) is 13.7 Å². The number of amidine groups is 1. The van der Waals surface area contributed by atoms with Gasteiger partial charge in [-0.15, -0.1) is 0 Å². The molecule has 2 rings (SSSR count). The molecule has 1 aliphatic carbocycles. The zero-order valence-corrected chi connectivity index (χ0v) is 12.8. The Labute approximate surface area is 122 Å². The maximum Gasteiger partial charge on any atom is 0.140 e. The van der Waals surface area contributed by atoms with Crippen molar-refractivity contribution in [2.45, 2.75) is 76.0 Å². The molecule has 20 heavy (non-hydrogen) atoms. The molecule has 1 saturated carbocycles. The van der Waals surface area contributed by atoms with E-state index < -0.39 is 0 Å². The minimum absolute atomic E-state index is 0.131. The lowest BCUT2D eigenvalue weighted by molar-refractivity contribution is -0.124. The minimum Gasteiger partial charge on any atom is -0.409 e. The number of rotatable bonds is 4. The van der Waals surface area contributed by atoms with E-state index in [0.29, 0.717) is 18.3 Å². The molecule has 1 spiro atoms. The fourth-order valence-electron chi connectivity index (χ4n) is 3.74. The Morgan fingerprint density at radius 3 is 2.80 bits per heavy atom. The fourth-order valence-corrected chi connectivity index (χ4v) is 3.74. The van der Waals surface area contributed by atoms with Crippen LogP contribution < -0.4 is 5.73 Å². The number of hydrogen-bond acceptors (Lipinski definition) is 4. The quantitative estimate of drug-likeness (QED) is 0.359. The molecule has 1 aliphatic heterocycles. The average molecular weight is 283 g/mol. The van der Waals surface area contributed by atoms with E-state index in [4.69, 9.17) is 15.7 Å². The van der Waals surface area contributed by atoms with E-state index in [0.717, 1.165) is 19.4 Å². The molecule has 0 radical (unpaired) electrons. The minimum atomic E-state index is 0.131. The Hall–Kier alpha value is -0.810. The smallest absolute Gasteiger partial charge is 0.140 e. The highest BCUT2D eigenvalue weighted by Gasteiger charge is 2.40. The lowest BCUT2D eigenvalue weighted by Gasteiger charge is -2.47. The molecule has 0 aromatic rings. The van der Waals surface area contributed by atoms with Crippen molar-refractivity contribution in [1.29, 1.82) is 0 Å². The first-order valence-corrected chi connectivity index (χ1v) is 7.89. The lowest BCUT2D eigenvalue weighted by Crippen LogP contribution is -2.51. The van der Waals surface area contributed by atoms with Crippen LogP contribution in [-0.2, 0) is 4.74 Å². The number of nitrogens with two attached hydrogens (primary N) is 1. The lowest BCUT2D eigenvalue weighted by atomic mass is 9.78. The standard InChI is InChI=1S/C15H29N3O2/c1-12(10-14(16)17-19)18(2)13-6-9-20-15(11-13)7-4-3-5-8-15/h12-13,19H,3-11H2,1-2H3,(H2,16,17). The molecule has 0 amide bonds. The second kappa shape index (κ2) is 6.76. The van der Waals surface area contributed by atoms with Crippen molar-refractivity contribution < 1.29 is 9.94 Å². The second-order valence-corrected chi connectivity index (χ2v) is 6.55. The summed E-state index contributed by atoms with van der Waals surface area (Å²) < 4.78 is 6.15. The predicted molar refractivity (Wildman–Crippen MR) is 80.0 cm³/mol. The highest BCUT2D eigenvalue weighted by atomic mass is 16.5. The van der Waals surface area contributed by atoms with Crippen LogP contribution in [0.4, 0.5) is 0 Å². The Balaban J connectivity index is 1.93. The maximum absolute atomic E-state index is 8.70. The van der Waals surface area contributed by atoms with Crippen LogP contribution in [0.3, 0.4) is 0 Å². The second-order valence-electron chi connectivity index (χ2n) is 6.55. The van der Waals surface area contributed by atoms with Gasteiger partial charge in [0.1, 0.15) is 5.84 Å². The van der Waals surface area contributed by atoms with Crippen LogP contribution >= 0.6 is 0 Å². The van der Waals surface area contributed by atoms with Crippen LogP contribution in [0.1, 0.15) is 58.3 Å². The van der Waals surface area contributed by atoms with Crippen LogP contribution in [0.2, 0.25) is 0 Å². The molecule has 0 aromatic carbocycles. The number of hydrogen-bond donors (Lipinski definition) is 2. The zero-order valence-electron chi connectivity index (χ0n) is 12.8. The number of ether oxygens (including phenoxy) is 1. The third-order valence-corrected chi connectivity index (χ3v) is 5.14. The molecule has 2 aliphatic rings. The molecule has 1 heterocycles. The maximum atomic E-state index is 8.70. The zero-order chi connectivity index (χ0) is 14.6. The summed E-state index contributed by atoms with van der Waals surface area (Å²) in [7, 11) is 2.15. The van der Waals surface area contributed by atoms with Gasteiger partial charge in [-0.2, -0.15) is 0 Å². The molecule has 1 saturated heterocycles. The summed E-state index contributed by atoms with van der Waals surface area (Å²) in [6.07, 6.45) is 9.20. The summed E-state index contributed by atoms with van der Waals surface area (Å²) in [6.45, 7) is 3.01. The molecule has 3 N–H and O–H groups in total. The van der Waals surface area contributed by atoms with Crippen LogP contribution in [-0.4, -0.2) is 47.3 Å². The van der Waals surface area contributed by atoms with Gasteiger partial charge in [0.2, 0.25) is 0 Å². The van der Waals surface area contributed by atoms with Gasteiger partial charge in [-0.25, -0.2) is 0 Å².